The lowest BCUT2D eigenvalue weighted by atomic mass is 10.4. The van der Waals surface area contributed by atoms with E-state index in [-0.39, 0.29) is 0 Å². The van der Waals surface area contributed by atoms with Crippen molar-refractivity contribution in [2.24, 2.45) is 7.05 Å². The van der Waals surface area contributed by atoms with Gasteiger partial charge in [0.15, 0.2) is 5.82 Å². The van der Waals surface area contributed by atoms with E-state index in [1.807, 2.05) is 24.0 Å². The molecule has 0 aliphatic carbocycles. The number of rotatable bonds is 4. The highest BCUT2D eigenvalue weighted by Crippen LogP contribution is 2.14. The summed E-state index contributed by atoms with van der Waals surface area (Å²) in [6.07, 6.45) is 6.21. The van der Waals surface area contributed by atoms with Crippen LogP contribution in [0.5, 0.6) is 0 Å². The molecule has 0 spiro atoms. The second-order valence-electron chi connectivity index (χ2n) is 4.01. The van der Waals surface area contributed by atoms with Gasteiger partial charge in [0.1, 0.15) is 10.7 Å². The molecule has 0 fully saturated rings. The van der Waals surface area contributed by atoms with Gasteiger partial charge in [0.25, 0.3) is 0 Å². The normalized spacial score (nSPS) is 11.0. The van der Waals surface area contributed by atoms with Crippen molar-refractivity contribution in [1.82, 2.24) is 34.7 Å². The van der Waals surface area contributed by atoms with Crippen LogP contribution in [0, 0.1) is 0 Å². The largest absolute Gasteiger partial charge is 0.374 e. The summed E-state index contributed by atoms with van der Waals surface area (Å²) in [6, 6.07) is 0. The Morgan fingerprint density at radius 2 is 2.21 bits per heavy atom. The summed E-state index contributed by atoms with van der Waals surface area (Å²) in [6.45, 7) is 0.687. The maximum atomic E-state index is 5.53. The SMILES string of the molecule is Cn1ccnc1-c1cn(CCc2nnc(N)s2)nn1. The molecule has 3 heterocycles. The maximum absolute atomic E-state index is 5.53. The number of imidazole rings is 1. The van der Waals surface area contributed by atoms with Crippen molar-refractivity contribution in [3.8, 4) is 11.5 Å². The molecular weight excluding hydrogens is 264 g/mol. The van der Waals surface area contributed by atoms with Crippen molar-refractivity contribution in [2.75, 3.05) is 5.73 Å². The zero-order valence-corrected chi connectivity index (χ0v) is 11.1. The summed E-state index contributed by atoms with van der Waals surface area (Å²) >= 11 is 1.39. The number of hydrogen-bond acceptors (Lipinski definition) is 7. The molecule has 0 unspecified atom stereocenters. The van der Waals surface area contributed by atoms with Crippen LogP contribution in [-0.2, 0) is 20.0 Å². The molecule has 0 atom stereocenters. The minimum absolute atomic E-state index is 0.488. The Morgan fingerprint density at radius 3 is 2.89 bits per heavy atom. The summed E-state index contributed by atoms with van der Waals surface area (Å²) in [5.41, 5.74) is 6.29. The first-order valence-electron chi connectivity index (χ1n) is 5.68. The standard InChI is InChI=1S/C10H12N8S/c1-17-5-3-12-9(17)7-6-18(16-13-7)4-2-8-14-15-10(11)19-8/h3,5-6H,2,4H2,1H3,(H2,11,15). The van der Waals surface area contributed by atoms with Gasteiger partial charge in [0.2, 0.25) is 5.13 Å². The molecule has 0 amide bonds. The molecule has 98 valence electrons. The summed E-state index contributed by atoms with van der Waals surface area (Å²) in [5.74, 6) is 0.798. The fourth-order valence-corrected chi connectivity index (χ4v) is 2.30. The van der Waals surface area contributed by atoms with Gasteiger partial charge in [-0.15, -0.1) is 15.3 Å². The van der Waals surface area contributed by atoms with Crippen LogP contribution in [0.2, 0.25) is 0 Å². The Kier molecular flexibility index (Phi) is 2.95. The van der Waals surface area contributed by atoms with Crippen LogP contribution in [0.4, 0.5) is 5.13 Å². The number of nitrogens with two attached hydrogens (primary N) is 1. The van der Waals surface area contributed by atoms with Gasteiger partial charge >= 0.3 is 0 Å². The molecule has 0 saturated carbocycles. The first-order valence-corrected chi connectivity index (χ1v) is 6.50. The Labute approximate surface area is 112 Å². The van der Waals surface area contributed by atoms with Gasteiger partial charge in [-0.1, -0.05) is 16.6 Å². The Balaban J connectivity index is 1.70. The van der Waals surface area contributed by atoms with Crippen LogP contribution in [0.3, 0.4) is 0 Å². The van der Waals surface area contributed by atoms with Crippen molar-refractivity contribution in [2.45, 2.75) is 13.0 Å². The van der Waals surface area contributed by atoms with Gasteiger partial charge in [-0.05, 0) is 0 Å². The smallest absolute Gasteiger partial charge is 0.203 e. The number of hydrogen-bond donors (Lipinski definition) is 1. The molecule has 19 heavy (non-hydrogen) atoms. The van der Waals surface area contributed by atoms with Crippen LogP contribution < -0.4 is 5.73 Å². The van der Waals surface area contributed by atoms with E-state index in [0.29, 0.717) is 11.7 Å². The Bertz CT molecular complexity index is 681. The number of nitrogens with zero attached hydrogens (tertiary/aromatic N) is 7. The second kappa shape index (κ2) is 4.76. The molecule has 8 nitrogen and oxygen atoms in total. The minimum Gasteiger partial charge on any atom is -0.374 e. The van der Waals surface area contributed by atoms with Gasteiger partial charge in [-0.25, -0.2) is 4.98 Å². The highest BCUT2D eigenvalue weighted by atomic mass is 32.1. The van der Waals surface area contributed by atoms with E-state index in [4.69, 9.17) is 5.73 Å². The van der Waals surface area contributed by atoms with Gasteiger partial charge < -0.3 is 10.3 Å². The van der Waals surface area contributed by atoms with E-state index < -0.39 is 0 Å². The lowest BCUT2D eigenvalue weighted by Crippen LogP contribution is -2.01. The van der Waals surface area contributed by atoms with Gasteiger partial charge in [-0.3, -0.25) is 4.68 Å². The van der Waals surface area contributed by atoms with E-state index in [9.17, 15) is 0 Å². The summed E-state index contributed by atoms with van der Waals surface area (Å²) < 4.78 is 3.67. The zero-order valence-electron chi connectivity index (χ0n) is 10.3. The van der Waals surface area contributed by atoms with E-state index in [1.165, 1.54) is 11.3 Å². The topological polar surface area (TPSA) is 100 Å². The summed E-state index contributed by atoms with van der Waals surface area (Å²) in [4.78, 5) is 4.23. The van der Waals surface area contributed by atoms with Crippen LogP contribution in [0.1, 0.15) is 5.01 Å². The van der Waals surface area contributed by atoms with Crippen molar-refractivity contribution >= 4 is 16.5 Å². The monoisotopic (exact) mass is 276 g/mol. The summed E-state index contributed by atoms with van der Waals surface area (Å²) in [7, 11) is 1.92. The van der Waals surface area contributed by atoms with Gasteiger partial charge in [0, 0.05) is 32.4 Å². The quantitative estimate of drug-likeness (QED) is 0.738. The van der Waals surface area contributed by atoms with Crippen molar-refractivity contribution in [3.05, 3.63) is 23.6 Å². The fourth-order valence-electron chi connectivity index (χ4n) is 1.70. The third-order valence-corrected chi connectivity index (χ3v) is 3.44. The Hall–Kier alpha value is -2.29. The van der Waals surface area contributed by atoms with E-state index in [0.717, 1.165) is 22.9 Å². The third-order valence-electron chi connectivity index (χ3n) is 2.63. The molecule has 9 heteroatoms. The van der Waals surface area contributed by atoms with Crippen molar-refractivity contribution in [1.29, 1.82) is 0 Å². The van der Waals surface area contributed by atoms with Crippen molar-refractivity contribution < 1.29 is 0 Å². The number of aryl methyl sites for hydroxylation is 3. The molecular formula is C10H12N8S. The van der Waals surface area contributed by atoms with Crippen molar-refractivity contribution in [3.63, 3.8) is 0 Å². The van der Waals surface area contributed by atoms with E-state index >= 15 is 0 Å². The third kappa shape index (κ3) is 2.45. The summed E-state index contributed by atoms with van der Waals surface area (Å²) in [5, 5.41) is 17.3. The minimum atomic E-state index is 0.488. The first kappa shape index (κ1) is 11.8. The van der Waals surface area contributed by atoms with Crippen LogP contribution in [0.25, 0.3) is 11.5 Å². The van der Waals surface area contributed by atoms with Gasteiger partial charge in [0.05, 0.1) is 6.20 Å². The van der Waals surface area contributed by atoms with E-state index in [1.54, 1.807) is 10.9 Å². The number of aromatic nitrogens is 7. The first-order chi connectivity index (χ1) is 9.22. The molecule has 0 aliphatic heterocycles. The zero-order chi connectivity index (χ0) is 13.2. The number of nitrogen functional groups attached to an aromatic ring is 1. The molecule has 0 aliphatic rings. The number of anilines is 1. The fraction of sp³-hybridized carbons (Fsp3) is 0.300. The average Bonchev–Trinajstić information content (AvgIpc) is 3.07. The molecule has 0 aromatic carbocycles. The predicted octanol–water partition coefficient (Wildman–Crippen LogP) is 0.355. The molecule has 3 aromatic heterocycles. The molecule has 3 aromatic rings. The lowest BCUT2D eigenvalue weighted by molar-refractivity contribution is 0.586. The second-order valence-corrected chi connectivity index (χ2v) is 5.11. The molecule has 0 bridgehead atoms. The maximum Gasteiger partial charge on any atom is 0.203 e. The lowest BCUT2D eigenvalue weighted by Gasteiger charge is -1.96. The average molecular weight is 276 g/mol. The molecule has 3 rings (SSSR count). The highest BCUT2D eigenvalue weighted by Gasteiger charge is 2.09. The van der Waals surface area contributed by atoms with E-state index in [2.05, 4.69) is 25.5 Å². The predicted molar refractivity (Wildman–Crippen MR) is 70.2 cm³/mol. The van der Waals surface area contributed by atoms with Crippen LogP contribution in [0.15, 0.2) is 18.6 Å². The van der Waals surface area contributed by atoms with Crippen LogP contribution >= 0.6 is 11.3 Å². The molecule has 0 saturated heterocycles. The van der Waals surface area contributed by atoms with Crippen LogP contribution in [-0.4, -0.2) is 34.7 Å². The molecule has 0 radical (unpaired) electrons. The molecule has 2 N–H and O–H groups in total. The van der Waals surface area contributed by atoms with Gasteiger partial charge in [-0.2, -0.15) is 0 Å². The Morgan fingerprint density at radius 1 is 1.32 bits per heavy atom. The highest BCUT2D eigenvalue weighted by molar-refractivity contribution is 7.15.